The number of benzene rings is 1. The molecule has 0 radical (unpaired) electrons. The van der Waals surface area contributed by atoms with Crippen LogP contribution in [0.1, 0.15) is 15.9 Å². The lowest BCUT2D eigenvalue weighted by molar-refractivity contribution is 0.101. The minimum Gasteiger partial charge on any atom is -0.293 e. The quantitative estimate of drug-likeness (QED) is 0.553. The van der Waals surface area contributed by atoms with Crippen LogP contribution in [-0.2, 0) is 0 Å². The lowest BCUT2D eigenvalue weighted by atomic mass is 10.1. The molecule has 4 heteroatoms. The second-order valence-corrected chi connectivity index (χ2v) is 3.31. The molecule has 0 amide bonds. The molecule has 0 saturated heterocycles. The van der Waals surface area contributed by atoms with Gasteiger partial charge in [0.15, 0.2) is 5.78 Å². The van der Waals surface area contributed by atoms with E-state index in [1.165, 1.54) is 12.1 Å². The fourth-order valence-corrected chi connectivity index (χ4v) is 1.24. The van der Waals surface area contributed by atoms with Gasteiger partial charge in [0.25, 0.3) is 0 Å². The highest BCUT2D eigenvalue weighted by Crippen LogP contribution is 2.20. The number of halogens is 3. The Morgan fingerprint density at radius 1 is 1.54 bits per heavy atom. The summed E-state index contributed by atoms with van der Waals surface area (Å²) in [6.45, 7) is 1.67. The molecule has 0 aromatic heterocycles. The maximum absolute atomic E-state index is 13.1. The molecule has 1 rings (SSSR count). The molecule has 0 saturated carbocycles. The maximum Gasteiger partial charge on any atom is 0.180 e. The van der Waals surface area contributed by atoms with Gasteiger partial charge in [-0.05, 0) is 24.6 Å². The maximum atomic E-state index is 13.1. The van der Waals surface area contributed by atoms with Crippen molar-refractivity contribution in [3.8, 4) is 0 Å². The molecule has 13 heavy (non-hydrogen) atoms. The lowest BCUT2D eigenvalue weighted by Crippen LogP contribution is -2.04. The van der Waals surface area contributed by atoms with Crippen molar-refractivity contribution in [2.24, 2.45) is 0 Å². The molecule has 0 unspecified atom stereocenters. The van der Waals surface area contributed by atoms with E-state index >= 15 is 0 Å². The molecule has 0 bridgehead atoms. The molecule has 0 heterocycles. The molecular weight excluding hydrogens is 214 g/mol. The van der Waals surface area contributed by atoms with Gasteiger partial charge in [-0.2, -0.15) is 0 Å². The molecule has 1 aromatic carbocycles. The van der Waals surface area contributed by atoms with E-state index in [0.717, 1.165) is 0 Å². The summed E-state index contributed by atoms with van der Waals surface area (Å²) in [6.07, 6.45) is 0. The smallest absolute Gasteiger partial charge is 0.180 e. The van der Waals surface area contributed by atoms with Gasteiger partial charge >= 0.3 is 0 Å². The summed E-state index contributed by atoms with van der Waals surface area (Å²) in [4.78, 5) is 11.1. The highest BCUT2D eigenvalue weighted by Gasteiger charge is 2.12. The number of carbonyl (C=O) groups excluding carboxylic acids is 1. The van der Waals surface area contributed by atoms with Crippen molar-refractivity contribution in [3.63, 3.8) is 0 Å². The highest BCUT2D eigenvalue weighted by molar-refractivity contribution is 6.33. The number of rotatable bonds is 2. The van der Waals surface area contributed by atoms with Gasteiger partial charge in [0.1, 0.15) is 5.82 Å². The fraction of sp³-hybridized carbons (Fsp3) is 0.222. The largest absolute Gasteiger partial charge is 0.293 e. The second-order valence-electron chi connectivity index (χ2n) is 2.64. The van der Waals surface area contributed by atoms with Crippen LogP contribution >= 0.6 is 23.2 Å². The topological polar surface area (TPSA) is 17.1 Å². The first-order chi connectivity index (χ1) is 6.06. The third-order valence-corrected chi connectivity index (χ3v) is 2.32. The number of hydrogen-bond donors (Lipinski definition) is 0. The fourth-order valence-electron chi connectivity index (χ4n) is 0.932. The van der Waals surface area contributed by atoms with E-state index in [1.807, 2.05) is 0 Å². The van der Waals surface area contributed by atoms with Crippen LogP contribution in [-0.4, -0.2) is 11.7 Å². The summed E-state index contributed by atoms with van der Waals surface area (Å²) in [6, 6.07) is 2.53. The van der Waals surface area contributed by atoms with E-state index in [-0.39, 0.29) is 11.4 Å². The standard InChI is InChI=1S/C9H7Cl2FO/c1-5-2-8(12)6(3-7(5)11)9(13)4-10/h2-3H,4H2,1H3. The summed E-state index contributed by atoms with van der Waals surface area (Å²) in [5.74, 6) is -1.27. The van der Waals surface area contributed by atoms with Crippen LogP contribution < -0.4 is 0 Å². The molecule has 70 valence electrons. The minimum atomic E-state index is -0.576. The molecule has 0 atom stereocenters. The number of aryl methyl sites for hydroxylation is 1. The van der Waals surface area contributed by atoms with Gasteiger partial charge in [-0.15, -0.1) is 11.6 Å². The molecule has 0 fully saturated rings. The van der Waals surface area contributed by atoms with E-state index in [4.69, 9.17) is 23.2 Å². The normalized spacial score (nSPS) is 10.2. The van der Waals surface area contributed by atoms with Crippen LogP contribution in [0, 0.1) is 12.7 Å². The zero-order valence-corrected chi connectivity index (χ0v) is 8.42. The van der Waals surface area contributed by atoms with Crippen LogP contribution in [0.15, 0.2) is 12.1 Å². The molecular formula is C9H7Cl2FO. The Balaban J connectivity index is 3.23. The van der Waals surface area contributed by atoms with Gasteiger partial charge in [-0.3, -0.25) is 4.79 Å². The van der Waals surface area contributed by atoms with Crippen molar-refractivity contribution in [1.82, 2.24) is 0 Å². The van der Waals surface area contributed by atoms with E-state index < -0.39 is 11.6 Å². The van der Waals surface area contributed by atoms with Crippen LogP contribution in [0.5, 0.6) is 0 Å². The van der Waals surface area contributed by atoms with Gasteiger partial charge < -0.3 is 0 Å². The number of alkyl halides is 1. The second kappa shape index (κ2) is 4.07. The Kier molecular flexibility index (Phi) is 3.28. The SMILES string of the molecule is Cc1cc(F)c(C(=O)CCl)cc1Cl. The molecule has 1 nitrogen and oxygen atoms in total. The van der Waals surface area contributed by atoms with Crippen molar-refractivity contribution in [2.75, 3.05) is 5.88 Å². The van der Waals surface area contributed by atoms with Gasteiger partial charge in [0.05, 0.1) is 11.4 Å². The average Bonchev–Trinajstić information content (AvgIpc) is 2.10. The predicted molar refractivity (Wildman–Crippen MR) is 51.2 cm³/mol. The monoisotopic (exact) mass is 220 g/mol. The molecule has 1 aromatic rings. The van der Waals surface area contributed by atoms with Crippen molar-refractivity contribution in [3.05, 3.63) is 34.1 Å². The lowest BCUT2D eigenvalue weighted by Gasteiger charge is -2.02. The van der Waals surface area contributed by atoms with E-state index in [2.05, 4.69) is 0 Å². The zero-order chi connectivity index (χ0) is 10.0. The van der Waals surface area contributed by atoms with Crippen molar-refractivity contribution in [1.29, 1.82) is 0 Å². The predicted octanol–water partition coefficient (Wildman–Crippen LogP) is 3.21. The van der Waals surface area contributed by atoms with Gasteiger partial charge in [0, 0.05) is 5.02 Å². The Morgan fingerprint density at radius 2 is 2.15 bits per heavy atom. The number of ketones is 1. The zero-order valence-electron chi connectivity index (χ0n) is 6.90. The summed E-state index contributed by atoms with van der Waals surface area (Å²) in [7, 11) is 0. The van der Waals surface area contributed by atoms with Gasteiger partial charge in [-0.1, -0.05) is 11.6 Å². The molecule has 0 aliphatic rings. The van der Waals surface area contributed by atoms with Crippen LogP contribution in [0.4, 0.5) is 4.39 Å². The van der Waals surface area contributed by atoms with Crippen molar-refractivity contribution in [2.45, 2.75) is 6.92 Å². The van der Waals surface area contributed by atoms with E-state index in [9.17, 15) is 9.18 Å². The van der Waals surface area contributed by atoms with E-state index in [1.54, 1.807) is 6.92 Å². The van der Waals surface area contributed by atoms with Gasteiger partial charge in [0.2, 0.25) is 0 Å². The molecule has 0 spiro atoms. The Morgan fingerprint density at radius 3 is 2.69 bits per heavy atom. The Hall–Kier alpha value is -0.600. The first kappa shape index (κ1) is 10.5. The third kappa shape index (κ3) is 2.20. The van der Waals surface area contributed by atoms with Crippen LogP contribution in [0.3, 0.4) is 0 Å². The van der Waals surface area contributed by atoms with Gasteiger partial charge in [-0.25, -0.2) is 4.39 Å². The van der Waals surface area contributed by atoms with Crippen LogP contribution in [0.2, 0.25) is 5.02 Å². The first-order valence-electron chi connectivity index (χ1n) is 3.61. The number of Topliss-reactive ketones (excluding diaryl/α,β-unsaturated/α-hetero) is 1. The summed E-state index contributed by atoms with van der Waals surface area (Å²) >= 11 is 11.0. The Labute approximate surface area is 85.5 Å². The molecule has 0 N–H and O–H groups in total. The van der Waals surface area contributed by atoms with Crippen molar-refractivity contribution >= 4 is 29.0 Å². The summed E-state index contributed by atoms with van der Waals surface area (Å²) < 4.78 is 13.1. The molecule has 0 aliphatic heterocycles. The van der Waals surface area contributed by atoms with Crippen LogP contribution in [0.25, 0.3) is 0 Å². The minimum absolute atomic E-state index is 0.0504. The first-order valence-corrected chi connectivity index (χ1v) is 4.52. The highest BCUT2D eigenvalue weighted by atomic mass is 35.5. The number of carbonyl (C=O) groups is 1. The third-order valence-electron chi connectivity index (χ3n) is 1.67. The summed E-state index contributed by atoms with van der Waals surface area (Å²) in [5, 5.41) is 0.370. The Bertz CT molecular complexity index is 350. The number of hydrogen-bond acceptors (Lipinski definition) is 1. The average molecular weight is 221 g/mol. The van der Waals surface area contributed by atoms with E-state index in [0.29, 0.717) is 10.6 Å². The summed E-state index contributed by atoms with van der Waals surface area (Å²) in [5.41, 5.74) is 0.552. The van der Waals surface area contributed by atoms with Crippen molar-refractivity contribution < 1.29 is 9.18 Å². The molecule has 0 aliphatic carbocycles.